The van der Waals surface area contributed by atoms with Gasteiger partial charge in [0.05, 0.1) is 25.7 Å². The molecule has 2 bridgehead atoms. The van der Waals surface area contributed by atoms with Crippen molar-refractivity contribution in [1.82, 2.24) is 9.88 Å². The third kappa shape index (κ3) is 2.35. The fourth-order valence-electron chi connectivity index (χ4n) is 6.20. The average molecular weight is 431 g/mol. The Labute approximate surface area is 178 Å². The number of benzene rings is 1. The fraction of sp³-hybridized carbons (Fsp3) is 0.500. The number of ether oxygens (including phenoxy) is 2. The molecule has 30 heavy (non-hydrogen) atoms. The van der Waals surface area contributed by atoms with Crippen molar-refractivity contribution < 1.29 is 23.9 Å². The number of alkyl halides is 1. The minimum Gasteiger partial charge on any atom is -0.469 e. The molecule has 3 aliphatic carbocycles. The number of methoxy groups -OCH3 is 2. The zero-order valence-corrected chi connectivity index (χ0v) is 17.6. The number of hydrogen-bond donors (Lipinski definition) is 1. The standard InChI is InChI=1S/C22H23ClN2O5/c1-29-19(27)15-7-13-12-5-3-4-6-14(12)24-17(13)18(25(15)16(26)8-23)21-9-22(10-21,11-21)20(28)30-2/h3-6,15,18,24H,7-11H2,1-2H3/t15-,18-,21?,22?/m1/s1. The highest BCUT2D eigenvalue weighted by atomic mass is 35.5. The maximum Gasteiger partial charge on any atom is 0.328 e. The molecular formula is C22H23ClN2O5. The number of H-pyrrole nitrogens is 1. The van der Waals surface area contributed by atoms with Gasteiger partial charge in [0.15, 0.2) is 0 Å². The van der Waals surface area contributed by atoms with Crippen LogP contribution in [0.3, 0.4) is 0 Å². The molecule has 1 aromatic heterocycles. The second kappa shape index (κ2) is 6.48. The predicted octanol–water partition coefficient (Wildman–Crippen LogP) is 2.72. The molecule has 2 aromatic rings. The van der Waals surface area contributed by atoms with E-state index < -0.39 is 17.4 Å². The van der Waals surface area contributed by atoms with Gasteiger partial charge < -0.3 is 19.4 Å². The number of esters is 2. The molecule has 4 aliphatic rings. The molecule has 1 N–H and O–H groups in total. The van der Waals surface area contributed by atoms with Gasteiger partial charge in [-0.3, -0.25) is 9.59 Å². The highest BCUT2D eigenvalue weighted by molar-refractivity contribution is 6.27. The zero-order valence-electron chi connectivity index (χ0n) is 16.9. The Morgan fingerprint density at radius 3 is 2.50 bits per heavy atom. The number of nitrogens with one attached hydrogen (secondary N) is 1. The molecule has 8 heteroatoms. The number of rotatable bonds is 4. The van der Waals surface area contributed by atoms with Crippen LogP contribution in [-0.2, 0) is 30.3 Å². The van der Waals surface area contributed by atoms with E-state index >= 15 is 0 Å². The van der Waals surface area contributed by atoms with Crippen LogP contribution in [0.25, 0.3) is 10.9 Å². The third-order valence-electron chi connectivity index (χ3n) is 7.28. The van der Waals surface area contributed by atoms with E-state index in [0.29, 0.717) is 25.7 Å². The summed E-state index contributed by atoms with van der Waals surface area (Å²) in [6.45, 7) is 0. The summed E-state index contributed by atoms with van der Waals surface area (Å²) in [5.41, 5.74) is 2.19. The van der Waals surface area contributed by atoms with Crippen molar-refractivity contribution in [3.63, 3.8) is 0 Å². The summed E-state index contributed by atoms with van der Waals surface area (Å²) in [7, 11) is 2.74. The number of para-hydroxylation sites is 1. The van der Waals surface area contributed by atoms with Crippen molar-refractivity contribution in [2.24, 2.45) is 10.8 Å². The molecule has 1 aliphatic heterocycles. The minimum atomic E-state index is -0.749. The maximum absolute atomic E-state index is 13.0. The molecule has 0 unspecified atom stereocenters. The molecule has 7 nitrogen and oxygen atoms in total. The molecule has 158 valence electrons. The fourth-order valence-corrected chi connectivity index (χ4v) is 6.33. The second-order valence-corrected chi connectivity index (χ2v) is 9.07. The van der Waals surface area contributed by atoms with Crippen LogP contribution >= 0.6 is 11.6 Å². The van der Waals surface area contributed by atoms with Crippen LogP contribution in [0.1, 0.15) is 36.6 Å². The highest BCUT2D eigenvalue weighted by Gasteiger charge is 2.76. The van der Waals surface area contributed by atoms with E-state index in [1.165, 1.54) is 14.2 Å². The van der Waals surface area contributed by atoms with Gasteiger partial charge in [0, 0.05) is 23.0 Å². The van der Waals surface area contributed by atoms with E-state index in [2.05, 4.69) is 4.98 Å². The minimum absolute atomic E-state index is 0.197. The number of aromatic amines is 1. The molecule has 1 amide bonds. The Kier molecular flexibility index (Phi) is 4.19. The molecular weight excluding hydrogens is 408 g/mol. The van der Waals surface area contributed by atoms with E-state index in [4.69, 9.17) is 21.1 Å². The van der Waals surface area contributed by atoms with E-state index in [1.807, 2.05) is 24.3 Å². The van der Waals surface area contributed by atoms with Crippen molar-refractivity contribution in [2.75, 3.05) is 20.1 Å². The lowest BCUT2D eigenvalue weighted by Crippen LogP contribution is -2.71. The van der Waals surface area contributed by atoms with Gasteiger partial charge in [0.2, 0.25) is 5.91 Å². The van der Waals surface area contributed by atoms with Crippen LogP contribution in [0.2, 0.25) is 0 Å². The number of hydrogen-bond acceptors (Lipinski definition) is 5. The summed E-state index contributed by atoms with van der Waals surface area (Å²) in [6, 6.07) is 6.81. The number of aromatic nitrogens is 1. The van der Waals surface area contributed by atoms with Crippen LogP contribution < -0.4 is 0 Å². The summed E-state index contributed by atoms with van der Waals surface area (Å²) in [4.78, 5) is 43.1. The first-order valence-corrected chi connectivity index (χ1v) is 10.6. The van der Waals surface area contributed by atoms with Gasteiger partial charge in [-0.05, 0) is 36.3 Å². The monoisotopic (exact) mass is 430 g/mol. The first-order chi connectivity index (χ1) is 14.4. The van der Waals surface area contributed by atoms with Gasteiger partial charge in [-0.2, -0.15) is 0 Å². The number of carbonyl (C=O) groups excluding carboxylic acids is 3. The summed E-state index contributed by atoms with van der Waals surface area (Å²) in [6.07, 6.45) is 2.26. The summed E-state index contributed by atoms with van der Waals surface area (Å²) >= 11 is 5.97. The Morgan fingerprint density at radius 2 is 1.87 bits per heavy atom. The first-order valence-electron chi connectivity index (χ1n) is 10.0. The smallest absolute Gasteiger partial charge is 0.328 e. The molecule has 2 atom stereocenters. The molecule has 0 saturated heterocycles. The van der Waals surface area contributed by atoms with Crippen LogP contribution in [0.5, 0.6) is 0 Å². The molecule has 2 heterocycles. The van der Waals surface area contributed by atoms with Gasteiger partial charge in [0.1, 0.15) is 11.9 Å². The van der Waals surface area contributed by atoms with E-state index in [9.17, 15) is 14.4 Å². The Balaban J connectivity index is 1.65. The van der Waals surface area contributed by atoms with E-state index in [0.717, 1.165) is 22.2 Å². The summed E-state index contributed by atoms with van der Waals surface area (Å²) in [5, 5.41) is 1.04. The summed E-state index contributed by atoms with van der Waals surface area (Å²) < 4.78 is 10.1. The van der Waals surface area contributed by atoms with Gasteiger partial charge in [-0.1, -0.05) is 18.2 Å². The van der Waals surface area contributed by atoms with Crippen LogP contribution in [0, 0.1) is 10.8 Å². The van der Waals surface area contributed by atoms with E-state index in [1.54, 1.807) is 4.90 Å². The Bertz CT molecular complexity index is 1060. The van der Waals surface area contributed by atoms with Crippen molar-refractivity contribution in [3.8, 4) is 0 Å². The summed E-state index contributed by atoms with van der Waals surface area (Å²) in [5.74, 6) is -1.18. The molecule has 0 radical (unpaired) electrons. The number of halogens is 1. The van der Waals surface area contributed by atoms with Gasteiger partial charge in [-0.15, -0.1) is 11.6 Å². The first kappa shape index (κ1) is 19.4. The van der Waals surface area contributed by atoms with Gasteiger partial charge >= 0.3 is 11.9 Å². The third-order valence-corrected chi connectivity index (χ3v) is 7.51. The Hall–Kier alpha value is -2.54. The number of amides is 1. The number of nitrogens with zero attached hydrogens (tertiary/aromatic N) is 1. The molecule has 3 saturated carbocycles. The van der Waals surface area contributed by atoms with Gasteiger partial charge in [-0.25, -0.2) is 4.79 Å². The number of carbonyl (C=O) groups is 3. The average Bonchev–Trinajstić information content (AvgIpc) is 3.08. The molecule has 0 spiro atoms. The van der Waals surface area contributed by atoms with Crippen molar-refractivity contribution in [3.05, 3.63) is 35.5 Å². The van der Waals surface area contributed by atoms with Crippen LogP contribution in [-0.4, -0.2) is 53.9 Å². The van der Waals surface area contributed by atoms with Gasteiger partial charge in [0.25, 0.3) is 0 Å². The number of fused-ring (bicyclic) bond motifs is 3. The van der Waals surface area contributed by atoms with Crippen molar-refractivity contribution in [1.29, 1.82) is 0 Å². The lowest BCUT2D eigenvalue weighted by atomic mass is 9.32. The maximum atomic E-state index is 13.0. The topological polar surface area (TPSA) is 88.7 Å². The highest BCUT2D eigenvalue weighted by Crippen LogP contribution is 2.79. The second-order valence-electron chi connectivity index (χ2n) is 8.81. The molecule has 6 rings (SSSR count). The lowest BCUT2D eigenvalue weighted by molar-refractivity contribution is -0.252. The molecule has 1 aromatic carbocycles. The largest absolute Gasteiger partial charge is 0.469 e. The lowest BCUT2D eigenvalue weighted by Gasteiger charge is -2.72. The van der Waals surface area contributed by atoms with Crippen LogP contribution in [0.4, 0.5) is 0 Å². The van der Waals surface area contributed by atoms with Crippen LogP contribution in [0.15, 0.2) is 24.3 Å². The SMILES string of the molecule is COC(=O)[C@H]1Cc2c([nH]c3ccccc23)[C@H](C23CC(C(=O)OC)(C2)C3)N1C(=O)CCl. The Morgan fingerprint density at radius 1 is 1.17 bits per heavy atom. The normalized spacial score (nSPS) is 31.4. The van der Waals surface area contributed by atoms with E-state index in [-0.39, 0.29) is 29.2 Å². The predicted molar refractivity (Wildman–Crippen MR) is 109 cm³/mol. The van der Waals surface area contributed by atoms with Crippen molar-refractivity contribution in [2.45, 2.75) is 37.8 Å². The van der Waals surface area contributed by atoms with Crippen molar-refractivity contribution >= 4 is 40.3 Å². The quantitative estimate of drug-likeness (QED) is 0.595. The zero-order chi connectivity index (χ0) is 21.3. The molecule has 3 fully saturated rings.